The van der Waals surface area contributed by atoms with Gasteiger partial charge in [-0.05, 0) is 31.9 Å². The Labute approximate surface area is 156 Å². The van der Waals surface area contributed by atoms with Crippen LogP contribution < -0.4 is 5.32 Å². The molecular formula is C20H18N2O3S. The number of carbonyl (C=O) groups is 2. The van der Waals surface area contributed by atoms with Gasteiger partial charge in [0.1, 0.15) is 4.99 Å². The molecule has 1 aliphatic heterocycles. The summed E-state index contributed by atoms with van der Waals surface area (Å²) in [6.07, 6.45) is 3.87. The molecular weight excluding hydrogens is 348 g/mol. The number of carbonyl (C=O) groups excluding carboxylic acids is 1. The van der Waals surface area contributed by atoms with Gasteiger partial charge in [0.05, 0.1) is 5.92 Å². The number of hydrogen-bond donors (Lipinski definition) is 3. The maximum absolute atomic E-state index is 12.5. The second-order valence-electron chi connectivity index (χ2n) is 6.70. The number of aryl methyl sites for hydroxylation is 1. The molecule has 0 saturated heterocycles. The largest absolute Gasteiger partial charge is 0.481 e. The molecule has 2 heterocycles. The van der Waals surface area contributed by atoms with E-state index in [-0.39, 0.29) is 5.78 Å². The Bertz CT molecular complexity index is 987. The fourth-order valence-electron chi connectivity index (χ4n) is 3.76. The first-order valence-corrected chi connectivity index (χ1v) is 9.01. The molecule has 26 heavy (non-hydrogen) atoms. The summed E-state index contributed by atoms with van der Waals surface area (Å²) in [7, 11) is 0. The van der Waals surface area contributed by atoms with Crippen molar-refractivity contribution in [1.29, 1.82) is 0 Å². The van der Waals surface area contributed by atoms with Crippen LogP contribution >= 0.6 is 12.2 Å². The molecule has 3 N–H and O–H groups in total. The molecule has 1 aromatic heterocycles. The molecule has 1 aliphatic carbocycles. The number of rotatable bonds is 3. The van der Waals surface area contributed by atoms with Crippen molar-refractivity contribution in [2.24, 2.45) is 0 Å². The third kappa shape index (κ3) is 2.57. The highest BCUT2D eigenvalue weighted by atomic mass is 32.1. The minimum Gasteiger partial charge on any atom is -0.481 e. The van der Waals surface area contributed by atoms with Gasteiger partial charge in [-0.1, -0.05) is 30.4 Å². The van der Waals surface area contributed by atoms with Crippen molar-refractivity contribution in [3.8, 4) is 0 Å². The van der Waals surface area contributed by atoms with Gasteiger partial charge >= 0.3 is 5.97 Å². The summed E-state index contributed by atoms with van der Waals surface area (Å²) in [5.74, 6) is -1.71. The van der Waals surface area contributed by atoms with Gasteiger partial charge in [0, 0.05) is 45.8 Å². The standard InChI is InChI=1S/C20H18N2O3S/c1-10(20(24)25)17-15(21-14-7-4-8-16(23)18(14)17)9-12-11-5-2-3-6-13(11)22-19(12)26/h2-3,5-6,9-10,21H,4,7-8H2,1H3,(H,22,26)(H,24,25)/b12-9+. The van der Waals surface area contributed by atoms with Crippen LogP contribution in [0.25, 0.3) is 11.6 Å². The molecule has 0 fully saturated rings. The molecule has 1 atom stereocenters. The Morgan fingerprint density at radius 1 is 1.31 bits per heavy atom. The lowest BCUT2D eigenvalue weighted by Gasteiger charge is -2.14. The van der Waals surface area contributed by atoms with E-state index in [0.29, 0.717) is 28.2 Å². The first-order valence-electron chi connectivity index (χ1n) is 8.60. The Balaban J connectivity index is 1.91. The molecule has 2 aliphatic rings. The van der Waals surface area contributed by atoms with E-state index in [4.69, 9.17) is 12.2 Å². The van der Waals surface area contributed by atoms with Gasteiger partial charge in [-0.15, -0.1) is 0 Å². The number of anilines is 1. The molecule has 4 rings (SSSR count). The molecule has 1 aromatic carbocycles. The van der Waals surface area contributed by atoms with Crippen LogP contribution in [0.2, 0.25) is 0 Å². The van der Waals surface area contributed by atoms with Crippen LogP contribution in [0.5, 0.6) is 0 Å². The number of Topliss-reactive ketones (excluding diaryl/α,β-unsaturated/α-hetero) is 1. The number of H-pyrrole nitrogens is 1. The van der Waals surface area contributed by atoms with Gasteiger partial charge in [0.15, 0.2) is 5.78 Å². The van der Waals surface area contributed by atoms with Crippen molar-refractivity contribution in [2.75, 3.05) is 5.32 Å². The summed E-state index contributed by atoms with van der Waals surface area (Å²) in [6.45, 7) is 1.62. The van der Waals surface area contributed by atoms with Gasteiger partial charge in [-0.2, -0.15) is 0 Å². The molecule has 6 heteroatoms. The van der Waals surface area contributed by atoms with Gasteiger partial charge in [-0.25, -0.2) is 0 Å². The molecule has 0 saturated carbocycles. The monoisotopic (exact) mass is 366 g/mol. The summed E-state index contributed by atoms with van der Waals surface area (Å²) in [5.41, 5.74) is 5.37. The number of thiocarbonyl (C=S) groups is 1. The number of aromatic nitrogens is 1. The highest BCUT2D eigenvalue weighted by Crippen LogP contribution is 2.37. The molecule has 2 aromatic rings. The van der Waals surface area contributed by atoms with Crippen molar-refractivity contribution >= 4 is 46.3 Å². The highest BCUT2D eigenvalue weighted by Gasteiger charge is 2.31. The van der Waals surface area contributed by atoms with E-state index < -0.39 is 11.9 Å². The van der Waals surface area contributed by atoms with Crippen molar-refractivity contribution in [1.82, 2.24) is 4.98 Å². The number of para-hydroxylation sites is 1. The lowest BCUT2D eigenvalue weighted by atomic mass is 9.87. The molecule has 0 spiro atoms. The zero-order chi connectivity index (χ0) is 18.4. The number of benzene rings is 1. The van der Waals surface area contributed by atoms with Crippen LogP contribution in [0.15, 0.2) is 24.3 Å². The zero-order valence-corrected chi connectivity index (χ0v) is 15.1. The number of carboxylic acids is 1. The van der Waals surface area contributed by atoms with Crippen molar-refractivity contribution < 1.29 is 14.7 Å². The summed E-state index contributed by atoms with van der Waals surface area (Å²) >= 11 is 5.46. The van der Waals surface area contributed by atoms with Gasteiger partial charge in [0.2, 0.25) is 0 Å². The van der Waals surface area contributed by atoms with E-state index in [2.05, 4.69) is 10.3 Å². The summed E-state index contributed by atoms with van der Waals surface area (Å²) in [5, 5.41) is 12.7. The maximum atomic E-state index is 12.5. The Hall–Kier alpha value is -2.73. The maximum Gasteiger partial charge on any atom is 0.310 e. The second-order valence-corrected chi connectivity index (χ2v) is 7.11. The third-order valence-corrected chi connectivity index (χ3v) is 5.38. The van der Waals surface area contributed by atoms with Crippen molar-refractivity contribution in [3.63, 3.8) is 0 Å². The SMILES string of the molecule is CC(C(=O)O)c1c(/C=C2/C(=S)Nc3ccccc32)[nH]c2c1C(=O)CCC2. The number of aromatic amines is 1. The molecule has 0 amide bonds. The van der Waals surface area contributed by atoms with E-state index in [1.165, 1.54) is 0 Å². The summed E-state index contributed by atoms with van der Waals surface area (Å²) < 4.78 is 0. The smallest absolute Gasteiger partial charge is 0.310 e. The van der Waals surface area contributed by atoms with Crippen LogP contribution in [0.3, 0.4) is 0 Å². The minimum absolute atomic E-state index is 0.0165. The predicted octanol–water partition coefficient (Wildman–Crippen LogP) is 4.02. The number of fused-ring (bicyclic) bond motifs is 2. The number of ketones is 1. The molecule has 1 unspecified atom stereocenters. The number of hydrogen-bond acceptors (Lipinski definition) is 3. The Morgan fingerprint density at radius 3 is 2.85 bits per heavy atom. The zero-order valence-electron chi connectivity index (χ0n) is 14.3. The Kier molecular flexibility index (Phi) is 4.00. The number of aliphatic carboxylic acids is 1. The lowest BCUT2D eigenvalue weighted by molar-refractivity contribution is -0.138. The van der Waals surface area contributed by atoms with Crippen molar-refractivity contribution in [3.05, 3.63) is 52.3 Å². The molecule has 5 nitrogen and oxygen atoms in total. The fraction of sp³-hybridized carbons (Fsp3) is 0.250. The van der Waals surface area contributed by atoms with Crippen molar-refractivity contribution in [2.45, 2.75) is 32.1 Å². The predicted molar refractivity (Wildman–Crippen MR) is 105 cm³/mol. The van der Waals surface area contributed by atoms with E-state index in [9.17, 15) is 14.7 Å². The molecule has 0 radical (unpaired) electrons. The van der Waals surface area contributed by atoms with Crippen LogP contribution in [0.1, 0.15) is 58.6 Å². The average Bonchev–Trinajstić information content (AvgIpc) is 3.13. The minimum atomic E-state index is -0.947. The van der Waals surface area contributed by atoms with Crippen LogP contribution in [0.4, 0.5) is 5.69 Å². The molecule has 132 valence electrons. The first kappa shape index (κ1) is 16.7. The quantitative estimate of drug-likeness (QED) is 0.565. The normalized spacial score (nSPS) is 18.4. The fourth-order valence-corrected chi connectivity index (χ4v) is 4.04. The van der Waals surface area contributed by atoms with Gasteiger partial charge < -0.3 is 15.4 Å². The topological polar surface area (TPSA) is 82.2 Å². The summed E-state index contributed by atoms with van der Waals surface area (Å²) in [4.78, 5) is 28.0. The number of nitrogens with one attached hydrogen (secondary N) is 2. The van der Waals surface area contributed by atoms with Crippen LogP contribution in [-0.4, -0.2) is 26.8 Å². The van der Waals surface area contributed by atoms with Crippen LogP contribution in [0, 0.1) is 0 Å². The molecule has 0 bridgehead atoms. The lowest BCUT2D eigenvalue weighted by Crippen LogP contribution is -2.15. The third-order valence-electron chi connectivity index (χ3n) is 5.06. The van der Waals surface area contributed by atoms with E-state index in [1.807, 2.05) is 30.3 Å². The average molecular weight is 366 g/mol. The van der Waals surface area contributed by atoms with E-state index >= 15 is 0 Å². The number of carboxylic acid groups (broad SMARTS) is 1. The van der Waals surface area contributed by atoms with Gasteiger partial charge in [0.25, 0.3) is 0 Å². The van der Waals surface area contributed by atoms with Crippen LogP contribution in [-0.2, 0) is 11.2 Å². The second kappa shape index (κ2) is 6.21. The summed E-state index contributed by atoms with van der Waals surface area (Å²) in [6, 6.07) is 7.79. The highest BCUT2D eigenvalue weighted by molar-refractivity contribution is 7.81. The van der Waals surface area contributed by atoms with Gasteiger partial charge in [-0.3, -0.25) is 9.59 Å². The van der Waals surface area contributed by atoms with E-state index in [1.54, 1.807) is 6.92 Å². The first-order chi connectivity index (χ1) is 12.5. The van der Waals surface area contributed by atoms with E-state index in [0.717, 1.165) is 35.4 Å². The Morgan fingerprint density at radius 2 is 2.08 bits per heavy atom.